The molecule has 9 rings (SSSR count). The summed E-state index contributed by atoms with van der Waals surface area (Å²) in [6.07, 6.45) is 6.83. The fourth-order valence-corrected chi connectivity index (χ4v) is 7.37. The Bertz CT molecular complexity index is 2390. The lowest BCUT2D eigenvalue weighted by Gasteiger charge is -2.16. The van der Waals surface area contributed by atoms with Crippen molar-refractivity contribution in [1.82, 2.24) is 4.57 Å². The molecule has 0 saturated carbocycles. The van der Waals surface area contributed by atoms with Crippen molar-refractivity contribution in [2.45, 2.75) is 18.8 Å². The van der Waals surface area contributed by atoms with Crippen LogP contribution < -0.4 is 0 Å². The van der Waals surface area contributed by atoms with E-state index in [1.807, 2.05) is 0 Å². The highest BCUT2D eigenvalue weighted by Crippen LogP contribution is 2.40. The van der Waals surface area contributed by atoms with Gasteiger partial charge in [0.2, 0.25) is 0 Å². The third-order valence-corrected chi connectivity index (χ3v) is 9.58. The van der Waals surface area contributed by atoms with Crippen molar-refractivity contribution in [3.8, 4) is 16.8 Å². The topological polar surface area (TPSA) is 4.93 Å². The van der Waals surface area contributed by atoms with Crippen molar-refractivity contribution < 1.29 is 0 Å². The lowest BCUT2D eigenvalue weighted by atomic mass is 9.89. The smallest absolute Gasteiger partial charge is 0.0547 e. The van der Waals surface area contributed by atoms with Gasteiger partial charge in [-0.3, -0.25) is 0 Å². The zero-order chi connectivity index (χ0) is 29.0. The summed E-state index contributed by atoms with van der Waals surface area (Å²) < 4.78 is 2.44. The highest BCUT2D eigenvalue weighted by molar-refractivity contribution is 6.22. The first kappa shape index (κ1) is 25.1. The SMILES string of the molecule is C1=Cc2cc(-c3ccc4c(c3)c3c5ccccc5ccc3n4-c3ccc4ccccc4c3)ccc2CC(c2ccccc2)C1. The van der Waals surface area contributed by atoms with Gasteiger partial charge in [0.05, 0.1) is 11.0 Å². The van der Waals surface area contributed by atoms with Crippen LogP contribution in [0.1, 0.15) is 29.0 Å². The van der Waals surface area contributed by atoms with Gasteiger partial charge in [-0.25, -0.2) is 0 Å². The summed E-state index contributed by atoms with van der Waals surface area (Å²) in [7, 11) is 0. The van der Waals surface area contributed by atoms with E-state index in [-0.39, 0.29) is 0 Å². The maximum atomic E-state index is 2.44. The molecule has 8 aromatic rings. The Balaban J connectivity index is 1.22. The molecule has 1 aliphatic rings. The Morgan fingerprint density at radius 3 is 2.16 bits per heavy atom. The first-order valence-corrected chi connectivity index (χ1v) is 15.6. The second kappa shape index (κ2) is 10.1. The van der Waals surface area contributed by atoms with Crippen molar-refractivity contribution in [1.29, 1.82) is 0 Å². The number of rotatable bonds is 3. The Morgan fingerprint density at radius 1 is 0.523 bits per heavy atom. The van der Waals surface area contributed by atoms with E-state index in [0.29, 0.717) is 5.92 Å². The number of hydrogen-bond donors (Lipinski definition) is 0. The maximum absolute atomic E-state index is 2.44. The molecule has 0 aliphatic heterocycles. The summed E-state index contributed by atoms with van der Waals surface area (Å²) in [6.45, 7) is 0. The lowest BCUT2D eigenvalue weighted by Crippen LogP contribution is -2.01. The Kier molecular flexibility index (Phi) is 5.77. The highest BCUT2D eigenvalue weighted by atomic mass is 15.0. The van der Waals surface area contributed by atoms with Gasteiger partial charge < -0.3 is 4.57 Å². The predicted octanol–water partition coefficient (Wildman–Crippen LogP) is 11.5. The molecule has 1 atom stereocenters. The van der Waals surface area contributed by atoms with Crippen LogP contribution in [0.15, 0.2) is 152 Å². The molecule has 0 fully saturated rings. The van der Waals surface area contributed by atoms with Crippen LogP contribution in [0.4, 0.5) is 0 Å². The van der Waals surface area contributed by atoms with E-state index in [1.54, 1.807) is 0 Å². The molecule has 1 unspecified atom stereocenters. The van der Waals surface area contributed by atoms with Gasteiger partial charge in [-0.15, -0.1) is 0 Å². The normalized spacial score (nSPS) is 14.8. The van der Waals surface area contributed by atoms with Gasteiger partial charge in [0.1, 0.15) is 0 Å². The summed E-state index contributed by atoms with van der Waals surface area (Å²) >= 11 is 0. The van der Waals surface area contributed by atoms with Gasteiger partial charge in [0, 0.05) is 16.5 Å². The fraction of sp³-hybridized carbons (Fsp3) is 0.0698. The molecule has 1 aromatic heterocycles. The molecule has 1 aliphatic carbocycles. The average molecular weight is 562 g/mol. The Hall–Kier alpha value is -5.40. The Morgan fingerprint density at radius 2 is 1.25 bits per heavy atom. The Labute approximate surface area is 257 Å². The monoisotopic (exact) mass is 561 g/mol. The molecule has 0 bridgehead atoms. The molecule has 0 saturated heterocycles. The van der Waals surface area contributed by atoms with E-state index in [9.17, 15) is 0 Å². The van der Waals surface area contributed by atoms with E-state index < -0.39 is 0 Å². The lowest BCUT2D eigenvalue weighted by molar-refractivity contribution is 0.701. The molecule has 0 spiro atoms. The van der Waals surface area contributed by atoms with Crippen LogP contribution in [0, 0.1) is 0 Å². The fourth-order valence-electron chi connectivity index (χ4n) is 7.37. The van der Waals surface area contributed by atoms with Gasteiger partial charge >= 0.3 is 0 Å². The summed E-state index contributed by atoms with van der Waals surface area (Å²) in [5.41, 5.74) is 10.4. The molecule has 0 amide bonds. The van der Waals surface area contributed by atoms with Crippen LogP contribution in [0.2, 0.25) is 0 Å². The molecule has 0 N–H and O–H groups in total. The summed E-state index contributed by atoms with van der Waals surface area (Å²) in [6, 6.07) is 53.8. The van der Waals surface area contributed by atoms with Gasteiger partial charge in [-0.1, -0.05) is 121 Å². The number of fused-ring (bicyclic) bond motifs is 7. The third-order valence-electron chi connectivity index (χ3n) is 9.58. The second-order valence-corrected chi connectivity index (χ2v) is 12.1. The zero-order valence-corrected chi connectivity index (χ0v) is 24.4. The third kappa shape index (κ3) is 4.08. The summed E-state index contributed by atoms with van der Waals surface area (Å²) in [4.78, 5) is 0. The minimum atomic E-state index is 0.519. The van der Waals surface area contributed by atoms with Crippen LogP contribution in [-0.4, -0.2) is 4.57 Å². The molecule has 7 aromatic carbocycles. The van der Waals surface area contributed by atoms with E-state index in [1.165, 1.54) is 76.9 Å². The first-order chi connectivity index (χ1) is 21.8. The minimum absolute atomic E-state index is 0.519. The maximum Gasteiger partial charge on any atom is 0.0547 e. The van der Waals surface area contributed by atoms with E-state index >= 15 is 0 Å². The van der Waals surface area contributed by atoms with Crippen LogP contribution in [-0.2, 0) is 6.42 Å². The van der Waals surface area contributed by atoms with Crippen molar-refractivity contribution >= 4 is 49.4 Å². The van der Waals surface area contributed by atoms with Crippen LogP contribution in [0.25, 0.3) is 66.2 Å². The van der Waals surface area contributed by atoms with Crippen molar-refractivity contribution in [2.24, 2.45) is 0 Å². The number of aromatic nitrogens is 1. The molecule has 44 heavy (non-hydrogen) atoms. The summed E-state index contributed by atoms with van der Waals surface area (Å²) in [5, 5.41) is 7.68. The first-order valence-electron chi connectivity index (χ1n) is 15.6. The largest absolute Gasteiger partial charge is 0.309 e. The van der Waals surface area contributed by atoms with Gasteiger partial charge in [-0.05, 0) is 105 Å². The van der Waals surface area contributed by atoms with Crippen molar-refractivity contribution in [3.63, 3.8) is 0 Å². The zero-order valence-electron chi connectivity index (χ0n) is 24.4. The average Bonchev–Trinajstić information content (AvgIpc) is 3.27. The number of benzene rings is 7. The standard InChI is InChI=1S/C43H31N/c1-2-9-29(10-3-1)32-14-8-15-33-26-36(18-17-35(33)25-32)37-21-23-41-40(28-37)43-39-16-7-6-12-31(39)20-24-42(43)44(41)38-22-19-30-11-4-5-13-34(30)27-38/h1-13,15-24,26-28,32H,14,25H2. The van der Waals surface area contributed by atoms with Gasteiger partial charge in [0.25, 0.3) is 0 Å². The number of nitrogens with zero attached hydrogens (tertiary/aromatic N) is 1. The van der Waals surface area contributed by atoms with Crippen LogP contribution in [0.3, 0.4) is 0 Å². The molecular formula is C43H31N. The van der Waals surface area contributed by atoms with E-state index in [0.717, 1.165) is 12.8 Å². The van der Waals surface area contributed by atoms with Crippen LogP contribution >= 0.6 is 0 Å². The van der Waals surface area contributed by atoms with Crippen molar-refractivity contribution in [2.75, 3.05) is 0 Å². The number of hydrogen-bond acceptors (Lipinski definition) is 0. The highest BCUT2D eigenvalue weighted by Gasteiger charge is 2.18. The molecule has 1 nitrogen and oxygen atoms in total. The molecule has 208 valence electrons. The van der Waals surface area contributed by atoms with Crippen LogP contribution in [0.5, 0.6) is 0 Å². The van der Waals surface area contributed by atoms with E-state index in [2.05, 4.69) is 162 Å². The molecule has 1 heterocycles. The molecular weight excluding hydrogens is 530 g/mol. The van der Waals surface area contributed by atoms with Gasteiger partial charge in [0.15, 0.2) is 0 Å². The summed E-state index contributed by atoms with van der Waals surface area (Å²) in [5.74, 6) is 0.519. The quantitative estimate of drug-likeness (QED) is 0.202. The van der Waals surface area contributed by atoms with Crippen molar-refractivity contribution in [3.05, 3.63) is 168 Å². The van der Waals surface area contributed by atoms with Gasteiger partial charge in [-0.2, -0.15) is 0 Å². The second-order valence-electron chi connectivity index (χ2n) is 12.1. The molecule has 1 heteroatoms. The predicted molar refractivity (Wildman–Crippen MR) is 188 cm³/mol. The van der Waals surface area contributed by atoms with E-state index in [4.69, 9.17) is 0 Å². The molecule has 0 radical (unpaired) electrons. The number of allylic oxidation sites excluding steroid dienone is 1. The minimum Gasteiger partial charge on any atom is -0.309 e.